The van der Waals surface area contributed by atoms with Gasteiger partial charge in [-0.15, -0.1) is 0 Å². The fourth-order valence-corrected chi connectivity index (χ4v) is 1.80. The Kier molecular flexibility index (Phi) is 10.4. The molecular weight excluding hydrogens is 184 g/mol. The Morgan fingerprint density at radius 1 is 1.13 bits per heavy atom. The highest BCUT2D eigenvalue weighted by molar-refractivity contribution is 4.60. The van der Waals surface area contributed by atoms with E-state index in [2.05, 4.69) is 26.1 Å². The van der Waals surface area contributed by atoms with Crippen molar-refractivity contribution in [2.24, 2.45) is 17.6 Å². The van der Waals surface area contributed by atoms with Crippen molar-refractivity contribution in [3.8, 4) is 0 Å². The van der Waals surface area contributed by atoms with Crippen LogP contribution < -0.4 is 11.1 Å². The highest BCUT2D eigenvalue weighted by atomic mass is 14.8. The van der Waals surface area contributed by atoms with Crippen LogP contribution in [0.2, 0.25) is 0 Å². The second-order valence-electron chi connectivity index (χ2n) is 4.71. The second kappa shape index (κ2) is 10.4. The van der Waals surface area contributed by atoms with E-state index in [4.69, 9.17) is 5.73 Å². The molecule has 0 rings (SSSR count). The lowest BCUT2D eigenvalue weighted by Crippen LogP contribution is -2.22. The molecule has 0 aliphatic carbocycles. The van der Waals surface area contributed by atoms with Gasteiger partial charge in [0.2, 0.25) is 0 Å². The van der Waals surface area contributed by atoms with Crippen molar-refractivity contribution < 1.29 is 0 Å². The van der Waals surface area contributed by atoms with Crippen LogP contribution in [0.4, 0.5) is 0 Å². The first-order chi connectivity index (χ1) is 7.24. The number of nitrogens with one attached hydrogen (secondary N) is 1. The van der Waals surface area contributed by atoms with Crippen molar-refractivity contribution in [3.63, 3.8) is 0 Å². The van der Waals surface area contributed by atoms with Crippen LogP contribution >= 0.6 is 0 Å². The molecule has 0 aliphatic rings. The van der Waals surface area contributed by atoms with Gasteiger partial charge in [-0.25, -0.2) is 0 Å². The zero-order chi connectivity index (χ0) is 11.5. The third kappa shape index (κ3) is 8.88. The fourth-order valence-electron chi connectivity index (χ4n) is 1.80. The molecule has 2 heteroatoms. The molecule has 0 bridgehead atoms. The molecule has 15 heavy (non-hydrogen) atoms. The summed E-state index contributed by atoms with van der Waals surface area (Å²) in [5, 5.41) is 3.53. The molecule has 0 aromatic heterocycles. The van der Waals surface area contributed by atoms with Gasteiger partial charge in [0.05, 0.1) is 0 Å². The molecule has 3 N–H and O–H groups in total. The molecule has 0 saturated carbocycles. The molecule has 2 nitrogen and oxygen atoms in total. The molecule has 0 spiro atoms. The van der Waals surface area contributed by atoms with Gasteiger partial charge in [0.1, 0.15) is 0 Å². The molecule has 0 saturated heterocycles. The monoisotopic (exact) mass is 214 g/mol. The molecule has 0 aromatic rings. The van der Waals surface area contributed by atoms with Crippen LogP contribution in [-0.2, 0) is 0 Å². The van der Waals surface area contributed by atoms with Crippen molar-refractivity contribution in [1.29, 1.82) is 0 Å². The number of rotatable bonds is 10. The standard InChI is InChI=1S/C13H30N2/c1-4-12(3)11-15-10-6-7-13(5-2)8-9-14/h12-13,15H,4-11,14H2,1-3H3. The molecule has 0 fully saturated rings. The third-order valence-electron chi connectivity index (χ3n) is 3.31. The van der Waals surface area contributed by atoms with Crippen LogP contribution in [0.25, 0.3) is 0 Å². The lowest BCUT2D eigenvalue weighted by Gasteiger charge is -2.14. The Balaban J connectivity index is 3.28. The van der Waals surface area contributed by atoms with Crippen LogP contribution in [0.15, 0.2) is 0 Å². The molecular formula is C13H30N2. The van der Waals surface area contributed by atoms with Gasteiger partial charge in [0, 0.05) is 0 Å². The maximum absolute atomic E-state index is 5.58. The Labute approximate surface area is 96.0 Å². The zero-order valence-electron chi connectivity index (χ0n) is 10.9. The van der Waals surface area contributed by atoms with Gasteiger partial charge in [-0.1, -0.05) is 33.6 Å². The van der Waals surface area contributed by atoms with Crippen molar-refractivity contribution in [2.45, 2.75) is 52.9 Å². The van der Waals surface area contributed by atoms with E-state index in [1.807, 2.05) is 0 Å². The van der Waals surface area contributed by atoms with E-state index in [9.17, 15) is 0 Å². The molecule has 0 aromatic carbocycles. The lowest BCUT2D eigenvalue weighted by molar-refractivity contribution is 0.413. The summed E-state index contributed by atoms with van der Waals surface area (Å²) in [5.41, 5.74) is 5.58. The van der Waals surface area contributed by atoms with Gasteiger partial charge in [0.15, 0.2) is 0 Å². The first-order valence-electron chi connectivity index (χ1n) is 6.65. The quantitative estimate of drug-likeness (QED) is 0.549. The van der Waals surface area contributed by atoms with E-state index in [1.165, 1.54) is 45.2 Å². The predicted octanol–water partition coefficient (Wildman–Crippen LogP) is 2.78. The predicted molar refractivity (Wildman–Crippen MR) is 69.0 cm³/mol. The summed E-state index contributed by atoms with van der Waals surface area (Å²) in [7, 11) is 0. The average molecular weight is 214 g/mol. The number of hydrogen-bond acceptors (Lipinski definition) is 2. The van der Waals surface area contributed by atoms with Gasteiger partial charge in [-0.3, -0.25) is 0 Å². The van der Waals surface area contributed by atoms with Gasteiger partial charge in [-0.05, 0) is 50.7 Å². The minimum Gasteiger partial charge on any atom is -0.330 e. The summed E-state index contributed by atoms with van der Waals surface area (Å²) in [4.78, 5) is 0. The van der Waals surface area contributed by atoms with E-state index >= 15 is 0 Å². The van der Waals surface area contributed by atoms with E-state index in [1.54, 1.807) is 0 Å². The first kappa shape index (κ1) is 14.9. The third-order valence-corrected chi connectivity index (χ3v) is 3.31. The molecule has 2 unspecified atom stereocenters. The molecule has 0 amide bonds. The lowest BCUT2D eigenvalue weighted by atomic mass is 9.97. The molecule has 0 heterocycles. The molecule has 0 aliphatic heterocycles. The van der Waals surface area contributed by atoms with Crippen LogP contribution in [0.5, 0.6) is 0 Å². The van der Waals surface area contributed by atoms with Gasteiger partial charge < -0.3 is 11.1 Å². The van der Waals surface area contributed by atoms with Gasteiger partial charge in [0.25, 0.3) is 0 Å². The average Bonchev–Trinajstić information content (AvgIpc) is 2.26. The molecule has 2 atom stereocenters. The van der Waals surface area contributed by atoms with Crippen molar-refractivity contribution in [3.05, 3.63) is 0 Å². The summed E-state index contributed by atoms with van der Waals surface area (Å²) in [6.07, 6.45) is 6.39. The maximum Gasteiger partial charge on any atom is -0.00233 e. The van der Waals surface area contributed by atoms with Crippen LogP contribution in [-0.4, -0.2) is 19.6 Å². The summed E-state index contributed by atoms with van der Waals surface area (Å²) in [5.74, 6) is 1.66. The van der Waals surface area contributed by atoms with Gasteiger partial charge >= 0.3 is 0 Å². The van der Waals surface area contributed by atoms with Crippen LogP contribution in [0.1, 0.15) is 52.9 Å². The topological polar surface area (TPSA) is 38.0 Å². The largest absolute Gasteiger partial charge is 0.330 e. The minimum absolute atomic E-state index is 0.816. The van der Waals surface area contributed by atoms with Gasteiger partial charge in [-0.2, -0.15) is 0 Å². The number of nitrogens with two attached hydrogens (primary N) is 1. The van der Waals surface area contributed by atoms with E-state index in [0.29, 0.717) is 0 Å². The Morgan fingerprint density at radius 3 is 2.40 bits per heavy atom. The Bertz CT molecular complexity index is 126. The Morgan fingerprint density at radius 2 is 1.87 bits per heavy atom. The zero-order valence-corrected chi connectivity index (χ0v) is 10.9. The summed E-state index contributed by atoms with van der Waals surface area (Å²) < 4.78 is 0. The van der Waals surface area contributed by atoms with E-state index < -0.39 is 0 Å². The van der Waals surface area contributed by atoms with Crippen molar-refractivity contribution in [1.82, 2.24) is 5.32 Å². The first-order valence-corrected chi connectivity index (χ1v) is 6.65. The highest BCUT2D eigenvalue weighted by Crippen LogP contribution is 2.13. The normalized spacial score (nSPS) is 15.2. The number of hydrogen-bond donors (Lipinski definition) is 2. The summed E-state index contributed by atoms with van der Waals surface area (Å²) >= 11 is 0. The highest BCUT2D eigenvalue weighted by Gasteiger charge is 2.04. The molecule has 0 radical (unpaired) electrons. The summed E-state index contributed by atoms with van der Waals surface area (Å²) in [6, 6.07) is 0. The SMILES string of the molecule is CCC(C)CNCCCC(CC)CCN. The molecule has 92 valence electrons. The van der Waals surface area contributed by atoms with E-state index in [-0.39, 0.29) is 0 Å². The van der Waals surface area contributed by atoms with E-state index in [0.717, 1.165) is 18.4 Å². The van der Waals surface area contributed by atoms with Crippen molar-refractivity contribution in [2.75, 3.05) is 19.6 Å². The summed E-state index contributed by atoms with van der Waals surface area (Å²) in [6.45, 7) is 10.0. The smallest absolute Gasteiger partial charge is 0.00233 e. The van der Waals surface area contributed by atoms with Crippen molar-refractivity contribution >= 4 is 0 Å². The Hall–Kier alpha value is -0.0800. The van der Waals surface area contributed by atoms with Crippen LogP contribution in [0.3, 0.4) is 0 Å². The van der Waals surface area contributed by atoms with Crippen LogP contribution in [0, 0.1) is 11.8 Å². The fraction of sp³-hybridized carbons (Fsp3) is 1.00. The minimum atomic E-state index is 0.816. The maximum atomic E-state index is 5.58. The second-order valence-corrected chi connectivity index (χ2v) is 4.71.